The van der Waals surface area contributed by atoms with Crippen LogP contribution < -0.4 is 10.5 Å². The average Bonchev–Trinajstić information content (AvgIpc) is 2.95. The van der Waals surface area contributed by atoms with Crippen LogP contribution >= 0.6 is 0 Å². The van der Waals surface area contributed by atoms with E-state index in [1.807, 2.05) is 0 Å². The Labute approximate surface area is 99.5 Å². The third-order valence-electron chi connectivity index (χ3n) is 2.91. The molecule has 3 nitrogen and oxygen atoms in total. The first-order valence-electron chi connectivity index (χ1n) is 5.10. The molecule has 7 heteroatoms. The predicted molar refractivity (Wildman–Crippen MR) is 53.2 cm³/mol. The van der Waals surface area contributed by atoms with E-state index in [4.69, 9.17) is 5.73 Å². The van der Waals surface area contributed by atoms with Crippen molar-refractivity contribution in [3.63, 3.8) is 0 Å². The molecule has 0 bridgehead atoms. The first-order valence-corrected chi connectivity index (χ1v) is 5.10. The molecule has 2 rings (SSSR count). The highest BCUT2D eigenvalue weighted by molar-refractivity contribution is 5.89. The summed E-state index contributed by atoms with van der Waals surface area (Å²) in [6, 6.07) is 2.68. The van der Waals surface area contributed by atoms with Gasteiger partial charge in [-0.15, -0.1) is 13.2 Å². The van der Waals surface area contributed by atoms with Gasteiger partial charge in [0.25, 0.3) is 0 Å². The third kappa shape index (κ3) is 2.25. The highest BCUT2D eigenvalue weighted by atomic mass is 19.4. The summed E-state index contributed by atoms with van der Waals surface area (Å²) in [6.45, 7) is 0. The van der Waals surface area contributed by atoms with E-state index in [9.17, 15) is 22.4 Å². The fourth-order valence-corrected chi connectivity index (χ4v) is 1.85. The van der Waals surface area contributed by atoms with Crippen molar-refractivity contribution >= 4 is 5.91 Å². The molecular formula is C11H9F4NO2. The Bertz CT molecular complexity index is 494. The zero-order chi connectivity index (χ0) is 13.6. The number of carbonyl (C=O) groups excluding carboxylic acids is 1. The number of ether oxygens (including phenoxy) is 1. The van der Waals surface area contributed by atoms with E-state index in [1.165, 1.54) is 0 Å². The van der Waals surface area contributed by atoms with E-state index in [0.29, 0.717) is 18.9 Å². The van der Waals surface area contributed by atoms with Gasteiger partial charge in [0.2, 0.25) is 5.91 Å². The van der Waals surface area contributed by atoms with Gasteiger partial charge < -0.3 is 10.5 Å². The Morgan fingerprint density at radius 1 is 1.33 bits per heavy atom. The summed E-state index contributed by atoms with van der Waals surface area (Å²) >= 11 is 0. The summed E-state index contributed by atoms with van der Waals surface area (Å²) in [7, 11) is 0. The van der Waals surface area contributed by atoms with Crippen LogP contribution in [0.1, 0.15) is 18.4 Å². The Morgan fingerprint density at radius 2 is 1.94 bits per heavy atom. The van der Waals surface area contributed by atoms with Gasteiger partial charge in [0.05, 0.1) is 5.41 Å². The SMILES string of the molecule is NC(=O)C1(c2ccc(OC(F)(F)F)cc2F)CC1. The Morgan fingerprint density at radius 3 is 2.33 bits per heavy atom. The fourth-order valence-electron chi connectivity index (χ4n) is 1.85. The Balaban J connectivity index is 2.29. The normalized spacial score (nSPS) is 17.3. The number of hydrogen-bond acceptors (Lipinski definition) is 2. The maximum Gasteiger partial charge on any atom is 0.573 e. The molecule has 1 aromatic carbocycles. The number of rotatable bonds is 3. The molecule has 1 saturated carbocycles. The lowest BCUT2D eigenvalue weighted by Crippen LogP contribution is -2.29. The summed E-state index contributed by atoms with van der Waals surface area (Å²) < 4.78 is 53.0. The number of benzene rings is 1. The molecule has 0 atom stereocenters. The standard InChI is InChI=1S/C11H9F4NO2/c12-8-5-6(18-11(13,14)15)1-2-7(8)10(3-4-10)9(16)17/h1-2,5H,3-4H2,(H2,16,17). The quantitative estimate of drug-likeness (QED) is 0.850. The van der Waals surface area contributed by atoms with Crippen molar-refractivity contribution in [1.82, 2.24) is 0 Å². The second-order valence-corrected chi connectivity index (χ2v) is 4.14. The molecule has 0 unspecified atom stereocenters. The van der Waals surface area contributed by atoms with Crippen LogP contribution in [-0.2, 0) is 10.2 Å². The third-order valence-corrected chi connectivity index (χ3v) is 2.91. The second-order valence-electron chi connectivity index (χ2n) is 4.14. The van der Waals surface area contributed by atoms with Crippen molar-refractivity contribution < 1.29 is 27.1 Å². The van der Waals surface area contributed by atoms with Crippen LogP contribution in [0.15, 0.2) is 18.2 Å². The van der Waals surface area contributed by atoms with Gasteiger partial charge in [-0.25, -0.2) is 4.39 Å². The minimum Gasteiger partial charge on any atom is -0.406 e. The molecule has 1 aliphatic carbocycles. The zero-order valence-electron chi connectivity index (χ0n) is 9.05. The summed E-state index contributed by atoms with van der Waals surface area (Å²) in [5.41, 5.74) is 4.11. The lowest BCUT2D eigenvalue weighted by molar-refractivity contribution is -0.274. The fraction of sp³-hybridized carbons (Fsp3) is 0.364. The van der Waals surface area contributed by atoms with Gasteiger partial charge in [0.1, 0.15) is 11.6 Å². The molecule has 0 radical (unpaired) electrons. The van der Waals surface area contributed by atoms with Crippen LogP contribution in [-0.4, -0.2) is 12.3 Å². The van der Waals surface area contributed by atoms with Gasteiger partial charge in [-0.3, -0.25) is 4.79 Å². The number of carbonyl (C=O) groups is 1. The number of primary amides is 1. The summed E-state index contributed by atoms with van der Waals surface area (Å²) in [6.07, 6.45) is -4.08. The van der Waals surface area contributed by atoms with E-state index >= 15 is 0 Å². The molecule has 0 heterocycles. The number of nitrogens with two attached hydrogens (primary N) is 1. The van der Waals surface area contributed by atoms with Gasteiger partial charge >= 0.3 is 6.36 Å². The van der Waals surface area contributed by atoms with E-state index in [1.54, 1.807) is 0 Å². The highest BCUT2D eigenvalue weighted by Gasteiger charge is 2.51. The monoisotopic (exact) mass is 263 g/mol. The molecular weight excluding hydrogens is 254 g/mol. The molecule has 0 aromatic heterocycles. The van der Waals surface area contributed by atoms with Crippen molar-refractivity contribution in [2.75, 3.05) is 0 Å². The molecule has 0 aliphatic heterocycles. The van der Waals surface area contributed by atoms with Crippen LogP contribution in [0, 0.1) is 5.82 Å². The molecule has 98 valence electrons. The number of alkyl halides is 3. The van der Waals surface area contributed by atoms with Crippen molar-refractivity contribution in [2.24, 2.45) is 5.73 Å². The first kappa shape index (κ1) is 12.7. The maximum atomic E-state index is 13.7. The van der Waals surface area contributed by atoms with Crippen LogP contribution in [0.3, 0.4) is 0 Å². The van der Waals surface area contributed by atoms with E-state index in [-0.39, 0.29) is 5.56 Å². The van der Waals surface area contributed by atoms with E-state index in [2.05, 4.69) is 4.74 Å². The van der Waals surface area contributed by atoms with Crippen molar-refractivity contribution in [2.45, 2.75) is 24.6 Å². The Hall–Kier alpha value is -1.79. The van der Waals surface area contributed by atoms with Gasteiger partial charge in [-0.1, -0.05) is 6.07 Å². The minimum atomic E-state index is -4.88. The zero-order valence-corrected chi connectivity index (χ0v) is 9.05. The van der Waals surface area contributed by atoms with Crippen LogP contribution in [0.4, 0.5) is 17.6 Å². The topological polar surface area (TPSA) is 52.3 Å². The van der Waals surface area contributed by atoms with Gasteiger partial charge in [0.15, 0.2) is 0 Å². The van der Waals surface area contributed by atoms with Crippen LogP contribution in [0.25, 0.3) is 0 Å². The van der Waals surface area contributed by atoms with E-state index < -0.39 is 29.3 Å². The molecule has 1 aliphatic rings. The van der Waals surface area contributed by atoms with E-state index in [0.717, 1.165) is 12.1 Å². The molecule has 2 N–H and O–H groups in total. The molecule has 0 spiro atoms. The van der Waals surface area contributed by atoms with Gasteiger partial charge in [-0.2, -0.15) is 0 Å². The largest absolute Gasteiger partial charge is 0.573 e. The summed E-state index contributed by atoms with van der Waals surface area (Å²) in [4.78, 5) is 11.2. The average molecular weight is 263 g/mol. The summed E-state index contributed by atoms with van der Waals surface area (Å²) in [5.74, 6) is -2.26. The molecule has 1 fully saturated rings. The number of hydrogen-bond donors (Lipinski definition) is 1. The van der Waals surface area contributed by atoms with Crippen LogP contribution in [0.5, 0.6) is 5.75 Å². The molecule has 18 heavy (non-hydrogen) atoms. The molecule has 0 saturated heterocycles. The first-order chi connectivity index (χ1) is 8.24. The maximum absolute atomic E-state index is 13.7. The number of amides is 1. The second kappa shape index (κ2) is 3.86. The Kier molecular flexibility index (Phi) is 2.71. The van der Waals surface area contributed by atoms with Gasteiger partial charge in [-0.05, 0) is 18.9 Å². The highest BCUT2D eigenvalue weighted by Crippen LogP contribution is 2.49. The minimum absolute atomic E-state index is 0.0181. The number of halogens is 4. The van der Waals surface area contributed by atoms with Crippen molar-refractivity contribution in [1.29, 1.82) is 0 Å². The molecule has 1 amide bonds. The lowest BCUT2D eigenvalue weighted by Gasteiger charge is -2.14. The van der Waals surface area contributed by atoms with Crippen molar-refractivity contribution in [3.8, 4) is 5.75 Å². The van der Waals surface area contributed by atoms with Gasteiger partial charge in [0, 0.05) is 11.6 Å². The van der Waals surface area contributed by atoms with Crippen LogP contribution in [0.2, 0.25) is 0 Å². The smallest absolute Gasteiger partial charge is 0.406 e. The molecule has 1 aromatic rings. The summed E-state index contributed by atoms with van der Waals surface area (Å²) in [5, 5.41) is 0. The van der Waals surface area contributed by atoms with Crippen molar-refractivity contribution in [3.05, 3.63) is 29.6 Å². The lowest BCUT2D eigenvalue weighted by atomic mass is 9.94. The predicted octanol–water partition coefficient (Wildman–Crippen LogP) is 2.24.